The molecule has 13 nitrogen and oxygen atoms in total. The smallest absolute Gasteiger partial charge is 0.278 e. The van der Waals surface area contributed by atoms with Crippen LogP contribution in [0.25, 0.3) is 16.9 Å². The number of anilines is 1. The number of rotatable bonds is 8. The second-order valence-corrected chi connectivity index (χ2v) is 10.9. The van der Waals surface area contributed by atoms with Gasteiger partial charge in [-0.15, -0.1) is 10.2 Å². The molecule has 1 amide bonds. The first kappa shape index (κ1) is 26.5. The van der Waals surface area contributed by atoms with E-state index in [9.17, 15) is 28.1 Å². The maximum atomic E-state index is 13.9. The van der Waals surface area contributed by atoms with Gasteiger partial charge in [0.15, 0.2) is 11.5 Å². The van der Waals surface area contributed by atoms with Crippen molar-refractivity contribution < 1.29 is 22.9 Å². The molecule has 0 fully saturated rings. The number of nitro groups is 1. The summed E-state index contributed by atoms with van der Waals surface area (Å²) in [4.78, 5) is 38.4. The van der Waals surface area contributed by atoms with Gasteiger partial charge in [-0.25, -0.2) is 18.2 Å². The SMILES string of the molecule is NS(=O)(=O)c1nnc(NC(=O)c2nn(-c3cccc([N+](=O)[O-])c3)c(-c3ccccc3)c2C(=O)c2ccccc2)s1. The fourth-order valence-corrected chi connectivity index (χ4v) is 5.17. The lowest BCUT2D eigenvalue weighted by Crippen LogP contribution is -2.17. The molecule has 200 valence electrons. The Morgan fingerprint density at radius 1 is 0.950 bits per heavy atom. The predicted octanol–water partition coefficient (Wildman–Crippen LogP) is 3.43. The summed E-state index contributed by atoms with van der Waals surface area (Å²) in [6.45, 7) is 0. The zero-order valence-electron chi connectivity index (χ0n) is 20.2. The Bertz CT molecular complexity index is 1870. The molecule has 3 aromatic carbocycles. The summed E-state index contributed by atoms with van der Waals surface area (Å²) in [7, 11) is -4.16. The van der Waals surface area contributed by atoms with Gasteiger partial charge in [0.25, 0.3) is 21.6 Å². The summed E-state index contributed by atoms with van der Waals surface area (Å²) in [5, 5.41) is 30.3. The van der Waals surface area contributed by atoms with E-state index in [0.29, 0.717) is 16.9 Å². The van der Waals surface area contributed by atoms with Crippen LogP contribution in [0.15, 0.2) is 89.3 Å². The number of non-ortho nitro benzene ring substituents is 1. The minimum atomic E-state index is -4.16. The highest BCUT2D eigenvalue weighted by Gasteiger charge is 2.31. The Labute approximate surface area is 230 Å². The van der Waals surface area contributed by atoms with Gasteiger partial charge in [0.05, 0.1) is 21.9 Å². The largest absolute Gasteiger partial charge is 0.295 e. The lowest BCUT2D eigenvalue weighted by Gasteiger charge is -2.10. The molecule has 0 aliphatic rings. The number of amides is 1. The molecule has 0 atom stereocenters. The molecule has 0 radical (unpaired) electrons. The quantitative estimate of drug-likeness (QED) is 0.121. The van der Waals surface area contributed by atoms with Crippen LogP contribution in [0.1, 0.15) is 26.4 Å². The van der Waals surface area contributed by atoms with E-state index in [4.69, 9.17) is 5.14 Å². The van der Waals surface area contributed by atoms with Crippen molar-refractivity contribution in [3.05, 3.63) is 112 Å². The summed E-state index contributed by atoms with van der Waals surface area (Å²) in [5.41, 5.74) is 0.568. The first-order valence-electron chi connectivity index (χ1n) is 11.3. The molecule has 2 heterocycles. The molecule has 0 unspecified atom stereocenters. The van der Waals surface area contributed by atoms with Gasteiger partial charge >= 0.3 is 0 Å². The second kappa shape index (κ2) is 10.6. The molecule has 3 N–H and O–H groups in total. The number of nitrogens with zero attached hydrogens (tertiary/aromatic N) is 5. The summed E-state index contributed by atoms with van der Waals surface area (Å²) in [6, 6.07) is 22.4. The maximum Gasteiger partial charge on any atom is 0.278 e. The number of ketones is 1. The molecule has 0 saturated heterocycles. The highest BCUT2D eigenvalue weighted by atomic mass is 32.2. The average molecular weight is 576 g/mol. The molecule has 0 bridgehead atoms. The van der Waals surface area contributed by atoms with Crippen molar-refractivity contribution in [2.24, 2.45) is 5.14 Å². The molecule has 5 rings (SSSR count). The van der Waals surface area contributed by atoms with Crippen LogP contribution < -0.4 is 10.5 Å². The highest BCUT2D eigenvalue weighted by molar-refractivity contribution is 7.91. The standard InChI is InChI=1S/C25H17N7O6S2/c26-40(37,38)25-29-28-24(39-25)27-23(34)20-19(22(33)16-10-5-2-6-11-16)21(15-8-3-1-4-9-15)31(30-20)17-12-7-13-18(14-17)32(35)36/h1-14H,(H2,26,37,38)(H,27,28,34). The summed E-state index contributed by atoms with van der Waals surface area (Å²) in [5.74, 6) is -1.43. The number of benzene rings is 3. The van der Waals surface area contributed by atoms with E-state index in [-0.39, 0.29) is 39.0 Å². The molecule has 5 aromatic rings. The monoisotopic (exact) mass is 575 g/mol. The van der Waals surface area contributed by atoms with Crippen molar-refractivity contribution in [1.82, 2.24) is 20.0 Å². The number of hydrogen-bond donors (Lipinski definition) is 2. The van der Waals surface area contributed by atoms with E-state index in [1.165, 1.54) is 22.9 Å². The number of nitro benzene ring substituents is 1. The van der Waals surface area contributed by atoms with Gasteiger partial charge in [-0.1, -0.05) is 78.1 Å². The zero-order valence-corrected chi connectivity index (χ0v) is 21.8. The third kappa shape index (κ3) is 5.24. The fourth-order valence-electron chi connectivity index (χ4n) is 3.85. The van der Waals surface area contributed by atoms with Crippen LogP contribution in [0, 0.1) is 10.1 Å². The lowest BCUT2D eigenvalue weighted by molar-refractivity contribution is -0.384. The van der Waals surface area contributed by atoms with Crippen molar-refractivity contribution in [3.8, 4) is 16.9 Å². The van der Waals surface area contributed by atoms with Crippen LogP contribution in [0.5, 0.6) is 0 Å². The molecule has 0 saturated carbocycles. The molecule has 0 aliphatic heterocycles. The van der Waals surface area contributed by atoms with Gasteiger partial charge in [-0.2, -0.15) is 5.10 Å². The van der Waals surface area contributed by atoms with Crippen LogP contribution in [-0.2, 0) is 10.0 Å². The first-order valence-corrected chi connectivity index (χ1v) is 13.7. The number of carbonyl (C=O) groups is 2. The van der Waals surface area contributed by atoms with Crippen LogP contribution in [0.2, 0.25) is 0 Å². The molecule has 40 heavy (non-hydrogen) atoms. The second-order valence-electron chi connectivity index (χ2n) is 8.19. The third-order valence-electron chi connectivity index (χ3n) is 5.57. The molecule has 0 spiro atoms. The van der Waals surface area contributed by atoms with Crippen molar-refractivity contribution in [1.29, 1.82) is 0 Å². The van der Waals surface area contributed by atoms with Gasteiger partial charge in [0.2, 0.25) is 9.47 Å². The van der Waals surface area contributed by atoms with E-state index in [1.54, 1.807) is 66.7 Å². The van der Waals surface area contributed by atoms with Gasteiger partial charge < -0.3 is 0 Å². The predicted molar refractivity (Wildman–Crippen MR) is 145 cm³/mol. The topological polar surface area (TPSA) is 193 Å². The van der Waals surface area contributed by atoms with Crippen molar-refractivity contribution >= 4 is 43.9 Å². The molecule has 0 aliphatic carbocycles. The van der Waals surface area contributed by atoms with Crippen LogP contribution in [0.4, 0.5) is 10.8 Å². The number of aromatic nitrogens is 4. The lowest BCUT2D eigenvalue weighted by atomic mass is 9.97. The Morgan fingerprint density at radius 2 is 1.62 bits per heavy atom. The van der Waals surface area contributed by atoms with Gasteiger partial charge in [0, 0.05) is 23.3 Å². The van der Waals surface area contributed by atoms with Crippen molar-refractivity contribution in [2.75, 3.05) is 5.32 Å². The maximum absolute atomic E-state index is 13.9. The summed E-state index contributed by atoms with van der Waals surface area (Å²) in [6.07, 6.45) is 0. The molecule has 2 aromatic heterocycles. The number of nitrogens with two attached hydrogens (primary N) is 1. The minimum Gasteiger partial charge on any atom is -0.295 e. The summed E-state index contributed by atoms with van der Waals surface area (Å²) >= 11 is 0.521. The fraction of sp³-hybridized carbons (Fsp3) is 0. The summed E-state index contributed by atoms with van der Waals surface area (Å²) < 4.78 is 24.0. The van der Waals surface area contributed by atoms with Gasteiger partial charge in [-0.05, 0) is 6.07 Å². The normalized spacial score (nSPS) is 11.2. The van der Waals surface area contributed by atoms with E-state index in [1.807, 2.05) is 0 Å². The minimum absolute atomic E-state index is 0.0856. The Hall–Kier alpha value is -5.12. The Morgan fingerprint density at radius 3 is 2.25 bits per heavy atom. The van der Waals surface area contributed by atoms with E-state index >= 15 is 0 Å². The third-order valence-corrected chi connectivity index (χ3v) is 7.71. The van der Waals surface area contributed by atoms with E-state index in [0.717, 1.165) is 0 Å². The van der Waals surface area contributed by atoms with Crippen LogP contribution in [0.3, 0.4) is 0 Å². The highest BCUT2D eigenvalue weighted by Crippen LogP contribution is 2.33. The Balaban J connectivity index is 1.74. The van der Waals surface area contributed by atoms with Gasteiger partial charge in [-0.3, -0.25) is 25.0 Å². The number of nitrogens with one attached hydrogen (secondary N) is 1. The van der Waals surface area contributed by atoms with Crippen LogP contribution >= 0.6 is 11.3 Å². The Kier molecular flexibility index (Phi) is 7.00. The average Bonchev–Trinajstić information content (AvgIpc) is 3.59. The zero-order chi connectivity index (χ0) is 28.4. The van der Waals surface area contributed by atoms with Crippen LogP contribution in [-0.4, -0.2) is 45.0 Å². The molecular weight excluding hydrogens is 558 g/mol. The van der Waals surface area contributed by atoms with E-state index < -0.39 is 31.0 Å². The van der Waals surface area contributed by atoms with Crippen molar-refractivity contribution in [3.63, 3.8) is 0 Å². The molecule has 15 heteroatoms. The number of sulfonamides is 1. The number of primary sulfonamides is 1. The number of carbonyl (C=O) groups excluding carboxylic acids is 2. The number of hydrogen-bond acceptors (Lipinski definition) is 10. The first-order chi connectivity index (χ1) is 19.1. The van der Waals surface area contributed by atoms with Crippen molar-refractivity contribution in [2.45, 2.75) is 4.34 Å². The van der Waals surface area contributed by atoms with E-state index in [2.05, 4.69) is 20.6 Å². The molecular formula is C25H17N7O6S2. The van der Waals surface area contributed by atoms with Gasteiger partial charge in [0.1, 0.15) is 0 Å².